The summed E-state index contributed by atoms with van der Waals surface area (Å²) in [5.41, 5.74) is 4.26. The minimum Gasteiger partial charge on any atom is -0.376 e. The summed E-state index contributed by atoms with van der Waals surface area (Å²) in [6, 6.07) is 0. The van der Waals surface area contributed by atoms with Crippen LogP contribution >= 0.6 is 15.9 Å². The van der Waals surface area contributed by atoms with Gasteiger partial charge in [0.25, 0.3) is 11.5 Å². The summed E-state index contributed by atoms with van der Waals surface area (Å²) in [6.07, 6.45) is 0.895. The van der Waals surface area contributed by atoms with Crippen molar-refractivity contribution in [2.24, 2.45) is 5.73 Å². The third-order valence-electron chi connectivity index (χ3n) is 1.45. The molecule has 1 unspecified atom stereocenters. The predicted octanol–water partition coefficient (Wildman–Crippen LogP) is -0.877. The lowest BCUT2D eigenvalue weighted by Gasteiger charge is -2.01. The second kappa shape index (κ2) is 3.83. The van der Waals surface area contributed by atoms with Gasteiger partial charge in [0, 0.05) is 6.26 Å². The van der Waals surface area contributed by atoms with Crippen LogP contribution in [0.2, 0.25) is 0 Å². The number of rotatable bonds is 2. The molecule has 0 saturated carbocycles. The molecule has 0 fully saturated rings. The number of nitrogens with two attached hydrogens (primary N) is 1. The Bertz CT molecular complexity index is 569. The van der Waals surface area contributed by atoms with Crippen LogP contribution in [-0.2, 0) is 14.6 Å². The Kier molecular flexibility index (Phi) is 3.07. The lowest BCUT2D eigenvalue weighted by Crippen LogP contribution is -2.30. The summed E-state index contributed by atoms with van der Waals surface area (Å²) in [5, 5.41) is 1.90. The molecule has 1 rings (SSSR count). The fraction of sp³-hybridized carbons (Fsp3) is 0.167. The Morgan fingerprint density at radius 2 is 2.20 bits per heavy atom. The van der Waals surface area contributed by atoms with E-state index in [0.29, 0.717) is 0 Å². The van der Waals surface area contributed by atoms with Crippen LogP contribution in [0.1, 0.15) is 5.76 Å². The van der Waals surface area contributed by atoms with Gasteiger partial charge in [-0.1, -0.05) is 0 Å². The van der Waals surface area contributed by atoms with Crippen molar-refractivity contribution >= 4 is 36.5 Å². The van der Waals surface area contributed by atoms with Crippen molar-refractivity contribution in [2.45, 2.75) is 0 Å². The molecule has 0 aliphatic rings. The first-order valence-corrected chi connectivity index (χ1v) is 6.22. The molecule has 0 bridgehead atoms. The average Bonchev–Trinajstić information content (AvgIpc) is 2.33. The monoisotopic (exact) mass is 298 g/mol. The smallest absolute Gasteiger partial charge is 0.294 e. The zero-order valence-corrected chi connectivity index (χ0v) is 9.85. The highest BCUT2D eigenvalue weighted by molar-refractivity contribution is 9.10. The molecule has 1 aromatic heterocycles. The van der Waals surface area contributed by atoms with E-state index in [1.807, 2.05) is 5.16 Å². The number of hydrogen-bond acceptors (Lipinski definition) is 4. The van der Waals surface area contributed by atoms with Crippen molar-refractivity contribution in [3.05, 3.63) is 20.6 Å². The van der Waals surface area contributed by atoms with Crippen molar-refractivity contribution < 1.29 is 18.1 Å². The Labute approximate surface area is 92.6 Å². The van der Waals surface area contributed by atoms with E-state index in [1.165, 1.54) is 0 Å². The number of carbonyl (C=O) groups excluding carboxylic acids is 1. The largest absolute Gasteiger partial charge is 0.376 e. The molecule has 0 spiro atoms. The molecule has 0 aliphatic carbocycles. The highest BCUT2D eigenvalue weighted by atomic mass is 79.9. The van der Waals surface area contributed by atoms with Gasteiger partial charge in [0.15, 0.2) is 10.6 Å². The van der Waals surface area contributed by atoms with E-state index in [-0.39, 0.29) is 10.2 Å². The van der Waals surface area contributed by atoms with Gasteiger partial charge in [0.05, 0.1) is 9.80 Å². The first-order valence-electron chi connectivity index (χ1n) is 3.51. The lowest BCUT2D eigenvalue weighted by molar-refractivity contribution is -0.111. The third-order valence-corrected chi connectivity index (χ3v) is 3.32. The van der Waals surface area contributed by atoms with E-state index in [0.717, 1.165) is 6.26 Å². The van der Waals surface area contributed by atoms with E-state index in [9.17, 15) is 18.4 Å². The minimum atomic E-state index is -3.62. The van der Waals surface area contributed by atoms with Crippen molar-refractivity contribution in [3.63, 3.8) is 0 Å². The normalized spacial score (nSPS) is 14.6. The summed E-state index contributed by atoms with van der Waals surface area (Å²) < 4.78 is 25.0. The second-order valence-corrected chi connectivity index (χ2v) is 5.48. The van der Waals surface area contributed by atoms with Crippen molar-refractivity contribution in [1.29, 1.82) is 0 Å². The number of aromatic nitrogens is 1. The molecule has 4 N–H and O–H groups in total. The molecule has 15 heavy (non-hydrogen) atoms. The molecular weight excluding hydrogens is 292 g/mol. The number of nitrogens with one attached hydrogen (secondary N) is 1. The van der Waals surface area contributed by atoms with Crippen LogP contribution in [-0.4, -0.2) is 30.9 Å². The number of hydrogen-bond donors (Lipinski definition) is 3. The second-order valence-electron chi connectivity index (χ2n) is 2.67. The summed E-state index contributed by atoms with van der Waals surface area (Å²) in [6.45, 7) is 0. The Balaban J connectivity index is 3.66. The summed E-state index contributed by atoms with van der Waals surface area (Å²) in [5.74, 6) is -1.49. The van der Waals surface area contributed by atoms with Gasteiger partial charge in [-0.2, -0.15) is 5.16 Å². The van der Waals surface area contributed by atoms with Crippen LogP contribution in [0.4, 0.5) is 0 Å². The molecule has 0 saturated heterocycles. The Hall–Kier alpha value is -1.06. The van der Waals surface area contributed by atoms with E-state index in [2.05, 4.69) is 20.5 Å². The number of carbonyl (C=O) groups is 1. The maximum atomic E-state index is 11.3. The third kappa shape index (κ3) is 2.30. The molecule has 1 atom stereocenters. The molecule has 1 amide bonds. The van der Waals surface area contributed by atoms with Gasteiger partial charge in [0.1, 0.15) is 4.47 Å². The van der Waals surface area contributed by atoms with Crippen molar-refractivity contribution in [1.82, 2.24) is 5.16 Å². The molecule has 0 radical (unpaired) electrons. The SMILES string of the molecule is CS(=O)(O)=C(C(N)=O)c1o[nH]c(=O)c1Br. The van der Waals surface area contributed by atoms with Crippen LogP contribution in [0.5, 0.6) is 0 Å². The number of H-pyrrole nitrogens is 1. The van der Waals surface area contributed by atoms with Gasteiger partial charge in [-0.05, 0) is 15.9 Å². The van der Waals surface area contributed by atoms with Gasteiger partial charge in [-0.3, -0.25) is 9.59 Å². The van der Waals surface area contributed by atoms with Crippen LogP contribution in [0, 0.1) is 0 Å². The first kappa shape index (κ1) is 12.0. The first-order chi connectivity index (χ1) is 6.75. The number of aromatic amines is 1. The zero-order chi connectivity index (χ0) is 11.8. The number of amides is 1. The fourth-order valence-corrected chi connectivity index (χ4v) is 2.26. The molecule has 9 heteroatoms. The average molecular weight is 299 g/mol. The fourth-order valence-electron chi connectivity index (χ4n) is 0.907. The molecular formula is C6H7BrN2O5S. The maximum Gasteiger partial charge on any atom is 0.294 e. The maximum absolute atomic E-state index is 11.3. The summed E-state index contributed by atoms with van der Waals surface area (Å²) in [4.78, 5) is 21.3. The lowest BCUT2D eigenvalue weighted by atomic mass is 10.3. The number of primary amides is 1. The number of halogens is 1. The summed E-state index contributed by atoms with van der Waals surface area (Å²) in [7, 11) is -3.62. The van der Waals surface area contributed by atoms with Crippen LogP contribution in [0.25, 0.3) is 0 Å². The van der Waals surface area contributed by atoms with E-state index < -0.39 is 26.1 Å². The standard InChI is InChI=1S/C6H7BrN2O5S/c1-15(12,13)4(5(8)10)3-2(7)6(11)9-14-3/h1H3,(H2,8,10)(H,9,11)(H,12,13). The minimum absolute atomic E-state index is 0.153. The van der Waals surface area contributed by atoms with Gasteiger partial charge < -0.3 is 14.8 Å². The zero-order valence-electron chi connectivity index (χ0n) is 7.44. The molecule has 84 valence electrons. The summed E-state index contributed by atoms with van der Waals surface area (Å²) >= 11 is 2.81. The molecule has 7 nitrogen and oxygen atoms in total. The highest BCUT2D eigenvalue weighted by Gasteiger charge is 2.24. The Morgan fingerprint density at radius 3 is 2.47 bits per heavy atom. The van der Waals surface area contributed by atoms with Gasteiger partial charge in [0.2, 0.25) is 0 Å². The van der Waals surface area contributed by atoms with E-state index >= 15 is 0 Å². The molecule has 0 aliphatic heterocycles. The molecule has 0 aromatic carbocycles. The van der Waals surface area contributed by atoms with Crippen LogP contribution in [0.3, 0.4) is 0 Å². The highest BCUT2D eigenvalue weighted by Crippen LogP contribution is 2.13. The quantitative estimate of drug-likeness (QED) is 0.483. The van der Waals surface area contributed by atoms with Crippen LogP contribution < -0.4 is 11.3 Å². The van der Waals surface area contributed by atoms with Gasteiger partial charge in [-0.25, -0.2) is 4.21 Å². The van der Waals surface area contributed by atoms with Crippen LogP contribution in [0.15, 0.2) is 13.8 Å². The van der Waals surface area contributed by atoms with E-state index in [1.54, 1.807) is 0 Å². The molecule has 1 aromatic rings. The van der Waals surface area contributed by atoms with Gasteiger partial charge in [-0.15, -0.1) is 0 Å². The topological polar surface area (TPSA) is 126 Å². The van der Waals surface area contributed by atoms with Crippen molar-refractivity contribution in [2.75, 3.05) is 6.26 Å². The van der Waals surface area contributed by atoms with Crippen molar-refractivity contribution in [3.8, 4) is 0 Å². The predicted molar refractivity (Wildman–Crippen MR) is 57.0 cm³/mol. The van der Waals surface area contributed by atoms with Gasteiger partial charge >= 0.3 is 0 Å². The Morgan fingerprint density at radius 1 is 1.67 bits per heavy atom. The van der Waals surface area contributed by atoms with E-state index in [4.69, 9.17) is 5.73 Å². The molecule has 1 heterocycles.